The number of hydrogen-bond acceptors (Lipinski definition) is 2. The zero-order valence-electron chi connectivity index (χ0n) is 9.97. The zero-order chi connectivity index (χ0) is 13.4. The van der Waals surface area contributed by atoms with Crippen molar-refractivity contribution in [2.45, 2.75) is 6.54 Å². The minimum atomic E-state index is -0.461. The Morgan fingerprint density at radius 2 is 1.74 bits per heavy atom. The molecule has 0 N–H and O–H groups in total. The Morgan fingerprint density at radius 1 is 1.00 bits per heavy atom. The van der Waals surface area contributed by atoms with E-state index in [1.54, 1.807) is 12.1 Å². The second-order valence-corrected chi connectivity index (χ2v) is 5.28. The van der Waals surface area contributed by atoms with Gasteiger partial charge in [0.15, 0.2) is 0 Å². The number of nitrogens with zero attached hydrogens (tertiary/aromatic N) is 1. The minimum absolute atomic E-state index is 0.417. The van der Waals surface area contributed by atoms with Crippen LogP contribution in [-0.4, -0.2) is 11.7 Å². The first-order valence-electron chi connectivity index (χ1n) is 5.86. The maximum atomic E-state index is 12.0. The van der Waals surface area contributed by atoms with Gasteiger partial charge >= 0.3 is 0 Å². The topological polar surface area (TPSA) is 37.4 Å². The van der Waals surface area contributed by atoms with Crippen LogP contribution < -0.4 is 4.90 Å². The highest BCUT2D eigenvalue weighted by molar-refractivity contribution is 9.10. The van der Waals surface area contributed by atoms with Crippen molar-refractivity contribution in [2.24, 2.45) is 0 Å². The first-order valence-corrected chi connectivity index (χ1v) is 6.66. The van der Waals surface area contributed by atoms with Crippen LogP contribution in [0.25, 0.3) is 0 Å². The van der Waals surface area contributed by atoms with Crippen LogP contribution in [0.2, 0.25) is 0 Å². The molecule has 0 radical (unpaired) electrons. The quantitative estimate of drug-likeness (QED) is 0.798. The summed E-state index contributed by atoms with van der Waals surface area (Å²) in [4.78, 5) is 25.5. The lowest BCUT2D eigenvalue weighted by atomic mass is 10.1. The fraction of sp³-hybridized carbons (Fsp3) is 0.0667. The SMILES string of the molecule is O=C1C(=O)N(Cc2ccccc2)c2ccc(Br)cc21. The fourth-order valence-electron chi connectivity index (χ4n) is 2.20. The van der Waals surface area contributed by atoms with Gasteiger partial charge in [-0.3, -0.25) is 9.59 Å². The fourth-order valence-corrected chi connectivity index (χ4v) is 2.56. The Bertz CT molecular complexity index is 667. The number of fused-ring (bicyclic) bond motifs is 1. The molecule has 0 spiro atoms. The van der Waals surface area contributed by atoms with Crippen LogP contribution in [0.4, 0.5) is 5.69 Å². The van der Waals surface area contributed by atoms with Gasteiger partial charge in [-0.1, -0.05) is 46.3 Å². The van der Waals surface area contributed by atoms with Crippen LogP contribution in [0.15, 0.2) is 53.0 Å². The van der Waals surface area contributed by atoms with Crippen molar-refractivity contribution in [3.8, 4) is 0 Å². The van der Waals surface area contributed by atoms with Crippen LogP contribution in [0.5, 0.6) is 0 Å². The van der Waals surface area contributed by atoms with Gasteiger partial charge in [0.25, 0.3) is 11.7 Å². The molecule has 19 heavy (non-hydrogen) atoms. The van der Waals surface area contributed by atoms with E-state index in [0.29, 0.717) is 17.8 Å². The van der Waals surface area contributed by atoms with E-state index in [0.717, 1.165) is 10.0 Å². The van der Waals surface area contributed by atoms with Crippen molar-refractivity contribution < 1.29 is 9.59 Å². The molecular formula is C15H10BrNO2. The number of carbonyl (C=O) groups excluding carboxylic acids is 2. The van der Waals surface area contributed by atoms with E-state index in [4.69, 9.17) is 0 Å². The van der Waals surface area contributed by atoms with E-state index in [1.165, 1.54) is 4.90 Å². The number of amides is 1. The Morgan fingerprint density at radius 3 is 2.47 bits per heavy atom. The Labute approximate surface area is 119 Å². The minimum Gasteiger partial charge on any atom is -0.300 e. The van der Waals surface area contributed by atoms with E-state index >= 15 is 0 Å². The molecule has 0 unspecified atom stereocenters. The van der Waals surface area contributed by atoms with Crippen LogP contribution in [0.3, 0.4) is 0 Å². The highest BCUT2D eigenvalue weighted by Crippen LogP contribution is 2.32. The van der Waals surface area contributed by atoms with Gasteiger partial charge in [0.2, 0.25) is 0 Å². The smallest absolute Gasteiger partial charge is 0.299 e. The lowest BCUT2D eigenvalue weighted by molar-refractivity contribution is -0.114. The summed E-state index contributed by atoms with van der Waals surface area (Å²) in [6.45, 7) is 0.417. The van der Waals surface area contributed by atoms with Crippen molar-refractivity contribution in [1.29, 1.82) is 0 Å². The molecule has 0 atom stereocenters. The van der Waals surface area contributed by atoms with Gasteiger partial charge in [-0.2, -0.15) is 0 Å². The molecule has 0 fully saturated rings. The van der Waals surface area contributed by atoms with E-state index < -0.39 is 11.7 Å². The molecule has 2 aromatic carbocycles. The summed E-state index contributed by atoms with van der Waals surface area (Å²) in [5, 5.41) is 0. The van der Waals surface area contributed by atoms with Gasteiger partial charge in [-0.25, -0.2) is 0 Å². The Balaban J connectivity index is 2.00. The van der Waals surface area contributed by atoms with Gasteiger partial charge in [-0.05, 0) is 23.8 Å². The highest BCUT2D eigenvalue weighted by Gasteiger charge is 2.35. The molecule has 1 heterocycles. The molecule has 3 rings (SSSR count). The third-order valence-electron chi connectivity index (χ3n) is 3.12. The van der Waals surface area contributed by atoms with Gasteiger partial charge in [0, 0.05) is 4.47 Å². The number of ketones is 1. The number of carbonyl (C=O) groups is 2. The second-order valence-electron chi connectivity index (χ2n) is 4.37. The summed E-state index contributed by atoms with van der Waals surface area (Å²) in [5.74, 6) is -0.899. The molecule has 0 saturated carbocycles. The summed E-state index contributed by atoms with van der Waals surface area (Å²) in [5.41, 5.74) is 2.15. The molecule has 0 bridgehead atoms. The maximum absolute atomic E-state index is 12.0. The summed E-state index contributed by atoms with van der Waals surface area (Å²) < 4.78 is 0.800. The van der Waals surface area contributed by atoms with Crippen molar-refractivity contribution >= 4 is 33.3 Å². The maximum Gasteiger partial charge on any atom is 0.299 e. The van der Waals surface area contributed by atoms with Crippen LogP contribution >= 0.6 is 15.9 Å². The van der Waals surface area contributed by atoms with Crippen molar-refractivity contribution in [1.82, 2.24) is 0 Å². The molecule has 2 aromatic rings. The van der Waals surface area contributed by atoms with Gasteiger partial charge in [-0.15, -0.1) is 0 Å². The first kappa shape index (κ1) is 12.1. The van der Waals surface area contributed by atoms with Gasteiger partial charge in [0.1, 0.15) is 0 Å². The van der Waals surface area contributed by atoms with Gasteiger partial charge in [0.05, 0.1) is 17.8 Å². The summed E-state index contributed by atoms with van der Waals surface area (Å²) in [6, 6.07) is 15.0. The average molecular weight is 316 g/mol. The normalized spacial score (nSPS) is 13.8. The molecule has 1 aliphatic heterocycles. The molecule has 0 aliphatic carbocycles. The number of halogens is 1. The molecule has 4 heteroatoms. The van der Waals surface area contributed by atoms with Crippen LogP contribution in [0.1, 0.15) is 15.9 Å². The largest absolute Gasteiger partial charge is 0.300 e. The Kier molecular flexibility index (Phi) is 2.95. The lowest BCUT2D eigenvalue weighted by Gasteiger charge is -2.16. The first-order chi connectivity index (χ1) is 9.16. The van der Waals surface area contributed by atoms with E-state index in [-0.39, 0.29) is 0 Å². The van der Waals surface area contributed by atoms with E-state index in [2.05, 4.69) is 15.9 Å². The predicted molar refractivity (Wildman–Crippen MR) is 76.1 cm³/mol. The van der Waals surface area contributed by atoms with Crippen molar-refractivity contribution in [2.75, 3.05) is 4.90 Å². The molecule has 0 saturated heterocycles. The number of Topliss-reactive ketones (excluding diaryl/α,β-unsaturated/α-hetero) is 1. The molecule has 1 amide bonds. The third-order valence-corrected chi connectivity index (χ3v) is 3.61. The zero-order valence-corrected chi connectivity index (χ0v) is 11.6. The molecule has 3 nitrogen and oxygen atoms in total. The summed E-state index contributed by atoms with van der Waals surface area (Å²) in [7, 11) is 0. The number of rotatable bonds is 2. The molecule has 1 aliphatic rings. The highest BCUT2D eigenvalue weighted by atomic mass is 79.9. The average Bonchev–Trinajstić information content (AvgIpc) is 2.65. The molecule has 0 aromatic heterocycles. The van der Waals surface area contributed by atoms with E-state index in [1.807, 2.05) is 36.4 Å². The monoisotopic (exact) mass is 315 g/mol. The summed E-state index contributed by atoms with van der Waals surface area (Å²) in [6.07, 6.45) is 0. The predicted octanol–water partition coefficient (Wildman–Crippen LogP) is 3.18. The summed E-state index contributed by atoms with van der Waals surface area (Å²) >= 11 is 3.32. The molecular weight excluding hydrogens is 306 g/mol. The number of hydrogen-bond donors (Lipinski definition) is 0. The van der Waals surface area contributed by atoms with Crippen LogP contribution in [0, 0.1) is 0 Å². The van der Waals surface area contributed by atoms with Gasteiger partial charge < -0.3 is 4.90 Å². The standard InChI is InChI=1S/C15H10BrNO2/c16-11-6-7-13-12(8-11)14(18)15(19)17(13)9-10-4-2-1-3-5-10/h1-8H,9H2. The second kappa shape index (κ2) is 4.63. The van der Waals surface area contributed by atoms with E-state index in [9.17, 15) is 9.59 Å². The van der Waals surface area contributed by atoms with Crippen LogP contribution in [-0.2, 0) is 11.3 Å². The number of anilines is 1. The Hall–Kier alpha value is -1.94. The lowest BCUT2D eigenvalue weighted by Crippen LogP contribution is -2.29. The van der Waals surface area contributed by atoms with Crippen molar-refractivity contribution in [3.63, 3.8) is 0 Å². The van der Waals surface area contributed by atoms with Crippen molar-refractivity contribution in [3.05, 3.63) is 64.1 Å². The molecule has 94 valence electrons. The number of benzene rings is 2. The third kappa shape index (κ3) is 2.08.